The van der Waals surface area contributed by atoms with E-state index in [4.69, 9.17) is 0 Å². The second-order valence-electron chi connectivity index (χ2n) is 5.35. The molecule has 1 aliphatic rings. The zero-order chi connectivity index (χ0) is 15.0. The largest absolute Gasteiger partial charge is 0.371 e. The maximum Gasteiger partial charge on any atom is 0.182 e. The Balaban J connectivity index is 2.22. The number of piperidine rings is 1. The van der Waals surface area contributed by atoms with Crippen molar-refractivity contribution < 1.29 is 8.42 Å². The van der Waals surface area contributed by atoms with Crippen molar-refractivity contribution in [1.82, 2.24) is 19.9 Å². The molecular weight excluding hydrogens is 290 g/mol. The maximum absolute atomic E-state index is 12.0. The topological polar surface area (TPSA) is 88.4 Å². The molecule has 0 amide bonds. The number of nitrogens with zero attached hydrogens (tertiary/aromatic N) is 3. The minimum absolute atomic E-state index is 0.163. The number of aromatic nitrogens is 3. The van der Waals surface area contributed by atoms with E-state index in [-0.39, 0.29) is 4.90 Å². The summed E-state index contributed by atoms with van der Waals surface area (Å²) in [4.78, 5) is 4.40. The first-order valence-electron chi connectivity index (χ1n) is 6.98. The van der Waals surface area contributed by atoms with Gasteiger partial charge in [-0.05, 0) is 25.5 Å². The predicted octanol–water partition coefficient (Wildman–Crippen LogP) is 0.641. The first kappa shape index (κ1) is 14.3. The second-order valence-corrected chi connectivity index (χ2v) is 7.30. The van der Waals surface area contributed by atoms with Gasteiger partial charge in [-0.1, -0.05) is 0 Å². The second kappa shape index (κ2) is 5.27. The minimum atomic E-state index is -3.40. The van der Waals surface area contributed by atoms with E-state index >= 15 is 0 Å². The molecule has 0 saturated carbocycles. The quantitative estimate of drug-likeness (QED) is 0.865. The molecule has 2 aromatic rings. The number of anilines is 1. The molecule has 8 heteroatoms. The molecule has 3 heterocycles. The van der Waals surface area contributed by atoms with Gasteiger partial charge < -0.3 is 10.6 Å². The van der Waals surface area contributed by atoms with Crippen molar-refractivity contribution in [3.05, 3.63) is 18.0 Å². The molecule has 114 valence electrons. The van der Waals surface area contributed by atoms with Crippen LogP contribution in [-0.4, -0.2) is 49.4 Å². The smallest absolute Gasteiger partial charge is 0.182 e. The lowest BCUT2D eigenvalue weighted by atomic mass is 9.96. The molecule has 1 atom stereocenters. The lowest BCUT2D eigenvalue weighted by Crippen LogP contribution is -2.29. The molecule has 0 radical (unpaired) electrons. The van der Waals surface area contributed by atoms with Crippen molar-refractivity contribution in [2.45, 2.75) is 23.7 Å². The van der Waals surface area contributed by atoms with Gasteiger partial charge in [0.25, 0.3) is 0 Å². The molecule has 1 unspecified atom stereocenters. The van der Waals surface area contributed by atoms with Crippen molar-refractivity contribution in [3.63, 3.8) is 0 Å². The predicted molar refractivity (Wildman–Crippen MR) is 80.5 cm³/mol. The summed E-state index contributed by atoms with van der Waals surface area (Å²) < 4.78 is 25.7. The van der Waals surface area contributed by atoms with Crippen LogP contribution in [-0.2, 0) is 9.84 Å². The average molecular weight is 309 g/mol. The van der Waals surface area contributed by atoms with E-state index in [9.17, 15) is 8.42 Å². The third-order valence-corrected chi connectivity index (χ3v) is 4.95. The summed E-state index contributed by atoms with van der Waals surface area (Å²) in [5, 5.41) is 10.6. The van der Waals surface area contributed by atoms with Crippen LogP contribution in [0.25, 0.3) is 5.65 Å². The molecule has 3 rings (SSSR count). The fourth-order valence-corrected chi connectivity index (χ4v) is 3.83. The summed E-state index contributed by atoms with van der Waals surface area (Å²) in [6.07, 6.45) is 5.01. The zero-order valence-electron chi connectivity index (χ0n) is 12.1. The highest BCUT2D eigenvalue weighted by Gasteiger charge is 2.26. The van der Waals surface area contributed by atoms with Crippen molar-refractivity contribution in [2.75, 3.05) is 31.7 Å². The standard InChI is InChI=1S/C13H19N5O2S/c1-14-12-11(21(2,19)20)13-16-7-5-10(18(13)17-12)9-4-3-6-15-8-9/h5,7,9,15H,3-4,6,8H2,1-2H3,(H,14,17). The summed E-state index contributed by atoms with van der Waals surface area (Å²) in [5.74, 6) is 0.669. The monoisotopic (exact) mass is 309 g/mol. The molecule has 0 aliphatic carbocycles. The summed E-state index contributed by atoms with van der Waals surface area (Å²) in [6, 6.07) is 1.92. The van der Waals surface area contributed by atoms with Gasteiger partial charge in [0.15, 0.2) is 26.2 Å². The molecule has 2 N–H and O–H groups in total. The van der Waals surface area contributed by atoms with E-state index in [1.807, 2.05) is 6.07 Å². The Kier molecular flexibility index (Phi) is 3.58. The van der Waals surface area contributed by atoms with Gasteiger partial charge in [0, 0.05) is 32.0 Å². The Morgan fingerprint density at radius 2 is 2.29 bits per heavy atom. The van der Waals surface area contributed by atoms with Crippen LogP contribution in [0.4, 0.5) is 5.82 Å². The number of fused-ring (bicyclic) bond motifs is 1. The summed E-state index contributed by atoms with van der Waals surface area (Å²) in [5.41, 5.74) is 1.39. The zero-order valence-corrected chi connectivity index (χ0v) is 12.9. The van der Waals surface area contributed by atoms with Crippen LogP contribution in [0.2, 0.25) is 0 Å². The van der Waals surface area contributed by atoms with Crippen LogP contribution in [0.5, 0.6) is 0 Å². The number of hydrogen-bond donors (Lipinski definition) is 2. The van der Waals surface area contributed by atoms with Crippen LogP contribution < -0.4 is 10.6 Å². The lowest BCUT2D eigenvalue weighted by Gasteiger charge is -2.23. The van der Waals surface area contributed by atoms with E-state index in [1.54, 1.807) is 17.8 Å². The fourth-order valence-electron chi connectivity index (χ4n) is 2.86. The Morgan fingerprint density at radius 3 is 2.90 bits per heavy atom. The first-order valence-corrected chi connectivity index (χ1v) is 8.87. The molecule has 0 aromatic carbocycles. The van der Waals surface area contributed by atoms with Gasteiger partial charge in [-0.2, -0.15) is 0 Å². The van der Waals surface area contributed by atoms with Crippen molar-refractivity contribution in [2.24, 2.45) is 0 Å². The highest BCUT2D eigenvalue weighted by molar-refractivity contribution is 7.91. The van der Waals surface area contributed by atoms with Crippen LogP contribution in [0.15, 0.2) is 17.2 Å². The van der Waals surface area contributed by atoms with Crippen LogP contribution in [0, 0.1) is 0 Å². The van der Waals surface area contributed by atoms with Gasteiger partial charge in [0.2, 0.25) is 0 Å². The van der Waals surface area contributed by atoms with E-state index < -0.39 is 9.84 Å². The SMILES string of the molecule is CNc1nn2c(C3CCCNC3)ccnc2c1S(C)(=O)=O. The molecule has 1 saturated heterocycles. The Labute approximate surface area is 123 Å². The fraction of sp³-hybridized carbons (Fsp3) is 0.538. The molecule has 1 fully saturated rings. The van der Waals surface area contributed by atoms with Gasteiger partial charge in [0.1, 0.15) is 0 Å². The molecule has 0 spiro atoms. The third-order valence-electron chi connectivity index (χ3n) is 3.83. The minimum Gasteiger partial charge on any atom is -0.371 e. The number of rotatable bonds is 3. The number of sulfone groups is 1. The summed E-state index contributed by atoms with van der Waals surface area (Å²) >= 11 is 0. The third kappa shape index (κ3) is 2.49. The van der Waals surface area contributed by atoms with E-state index in [2.05, 4.69) is 20.7 Å². The van der Waals surface area contributed by atoms with E-state index in [0.29, 0.717) is 17.4 Å². The van der Waals surface area contributed by atoms with Crippen LogP contribution in [0.1, 0.15) is 24.5 Å². The highest BCUT2D eigenvalue weighted by Crippen LogP contribution is 2.29. The summed E-state index contributed by atoms with van der Waals surface area (Å²) in [7, 11) is -1.74. The molecular formula is C13H19N5O2S. The van der Waals surface area contributed by atoms with Crippen LogP contribution >= 0.6 is 0 Å². The molecule has 21 heavy (non-hydrogen) atoms. The van der Waals surface area contributed by atoms with Gasteiger partial charge in [-0.25, -0.2) is 17.9 Å². The molecule has 0 bridgehead atoms. The Hall–Kier alpha value is -1.67. The van der Waals surface area contributed by atoms with Crippen molar-refractivity contribution in [1.29, 1.82) is 0 Å². The van der Waals surface area contributed by atoms with E-state index in [0.717, 1.165) is 31.6 Å². The lowest BCUT2D eigenvalue weighted by molar-refractivity contribution is 0.448. The molecule has 2 aromatic heterocycles. The van der Waals surface area contributed by atoms with E-state index in [1.165, 1.54) is 6.26 Å². The van der Waals surface area contributed by atoms with Crippen molar-refractivity contribution >= 4 is 21.3 Å². The van der Waals surface area contributed by atoms with Gasteiger partial charge >= 0.3 is 0 Å². The molecule has 7 nitrogen and oxygen atoms in total. The van der Waals surface area contributed by atoms with Crippen LogP contribution in [0.3, 0.4) is 0 Å². The Morgan fingerprint density at radius 1 is 1.48 bits per heavy atom. The molecule has 1 aliphatic heterocycles. The van der Waals surface area contributed by atoms with Crippen molar-refractivity contribution in [3.8, 4) is 0 Å². The summed E-state index contributed by atoms with van der Waals surface area (Å²) in [6.45, 7) is 1.91. The number of hydrogen-bond acceptors (Lipinski definition) is 6. The normalized spacial score (nSPS) is 19.8. The maximum atomic E-state index is 12.0. The average Bonchev–Trinajstić information content (AvgIpc) is 2.86. The highest BCUT2D eigenvalue weighted by atomic mass is 32.2. The number of nitrogens with one attached hydrogen (secondary N) is 2. The van der Waals surface area contributed by atoms with Gasteiger partial charge in [0.05, 0.1) is 5.69 Å². The van der Waals surface area contributed by atoms with Gasteiger partial charge in [-0.3, -0.25) is 0 Å². The first-order chi connectivity index (χ1) is 10.0. The Bertz CT molecular complexity index is 762. The van der Waals surface area contributed by atoms with Gasteiger partial charge in [-0.15, -0.1) is 5.10 Å².